The van der Waals surface area contributed by atoms with Crippen LogP contribution in [0.2, 0.25) is 0 Å². The second kappa shape index (κ2) is 6.39. The van der Waals surface area contributed by atoms with Crippen LogP contribution in [-0.4, -0.2) is 51.2 Å². The third kappa shape index (κ3) is 5.43. The monoisotopic (exact) mass is 322 g/mol. The second-order valence-electron chi connectivity index (χ2n) is 5.74. The second-order valence-corrected chi connectivity index (χ2v) is 5.74. The molecule has 0 aromatic carbocycles. The fourth-order valence-corrected chi connectivity index (χ4v) is 1.17. The minimum atomic E-state index is -4.48. The summed E-state index contributed by atoms with van der Waals surface area (Å²) >= 11 is 0. The zero-order chi connectivity index (χ0) is 17.2. The Labute approximate surface area is 126 Å². The number of hydrogen-bond donors (Lipinski definition) is 2. The Hall–Kier alpha value is -1.39. The van der Waals surface area contributed by atoms with Crippen LogP contribution in [0.3, 0.4) is 0 Å². The van der Waals surface area contributed by atoms with E-state index in [4.69, 9.17) is 4.65 Å². The maximum Gasteiger partial charge on any atom is 0.494 e. The summed E-state index contributed by atoms with van der Waals surface area (Å²) in [5, 5.41) is 19.9. The first-order valence-electron chi connectivity index (χ1n) is 6.41. The standard InChI is InChI=1S/C12H18BF3N2O4/c1-10(2,19)11(3,4)22-13(20)8-5-17-9(18-6-8)21-7-12(14,15)16/h5-6,19-20H,7H2,1-4H3. The zero-order valence-electron chi connectivity index (χ0n) is 12.7. The van der Waals surface area contributed by atoms with Crippen LogP contribution < -0.4 is 10.2 Å². The lowest BCUT2D eigenvalue weighted by Crippen LogP contribution is -2.53. The highest BCUT2D eigenvalue weighted by atomic mass is 19.4. The number of aromatic nitrogens is 2. The van der Waals surface area contributed by atoms with E-state index in [1.807, 2.05) is 0 Å². The van der Waals surface area contributed by atoms with Gasteiger partial charge >= 0.3 is 19.3 Å². The van der Waals surface area contributed by atoms with Gasteiger partial charge in [0.25, 0.3) is 0 Å². The number of halogens is 3. The maximum atomic E-state index is 12.0. The molecule has 0 aliphatic heterocycles. The summed E-state index contributed by atoms with van der Waals surface area (Å²) in [6.45, 7) is 4.70. The first-order valence-corrected chi connectivity index (χ1v) is 6.41. The molecule has 0 aliphatic rings. The van der Waals surface area contributed by atoms with Crippen molar-refractivity contribution >= 4 is 12.6 Å². The van der Waals surface area contributed by atoms with Crippen molar-refractivity contribution in [3.8, 4) is 6.01 Å². The van der Waals surface area contributed by atoms with E-state index in [0.717, 1.165) is 12.4 Å². The molecule has 124 valence electrons. The lowest BCUT2D eigenvalue weighted by Gasteiger charge is -2.38. The molecule has 0 radical (unpaired) electrons. The number of alkyl halides is 3. The highest BCUT2D eigenvalue weighted by Crippen LogP contribution is 2.25. The molecule has 0 bridgehead atoms. The van der Waals surface area contributed by atoms with Crippen molar-refractivity contribution in [3.05, 3.63) is 12.4 Å². The molecule has 0 aliphatic carbocycles. The molecule has 6 nitrogen and oxygen atoms in total. The average molecular weight is 322 g/mol. The summed E-state index contributed by atoms with van der Waals surface area (Å²) in [7, 11) is -1.45. The minimum absolute atomic E-state index is 0.122. The van der Waals surface area contributed by atoms with Crippen LogP contribution in [0.4, 0.5) is 13.2 Å². The Balaban J connectivity index is 2.70. The van der Waals surface area contributed by atoms with Crippen LogP contribution >= 0.6 is 0 Å². The molecule has 0 atom stereocenters. The van der Waals surface area contributed by atoms with Crippen molar-refractivity contribution in [1.29, 1.82) is 0 Å². The van der Waals surface area contributed by atoms with Crippen molar-refractivity contribution in [2.75, 3.05) is 6.61 Å². The number of aliphatic hydroxyl groups is 1. The summed E-state index contributed by atoms with van der Waals surface area (Å²) in [5.41, 5.74) is -2.20. The number of hydrogen-bond acceptors (Lipinski definition) is 6. The van der Waals surface area contributed by atoms with E-state index < -0.39 is 37.1 Å². The van der Waals surface area contributed by atoms with Gasteiger partial charge in [0.2, 0.25) is 0 Å². The van der Waals surface area contributed by atoms with Gasteiger partial charge < -0.3 is 19.5 Å². The van der Waals surface area contributed by atoms with Crippen molar-refractivity contribution in [2.24, 2.45) is 0 Å². The van der Waals surface area contributed by atoms with Crippen LogP contribution in [0.25, 0.3) is 0 Å². The largest absolute Gasteiger partial charge is 0.494 e. The third-order valence-corrected chi connectivity index (χ3v) is 3.18. The summed E-state index contributed by atoms with van der Waals surface area (Å²) < 4.78 is 45.6. The Bertz CT molecular complexity index is 489. The lowest BCUT2D eigenvalue weighted by molar-refractivity contribution is -0.154. The van der Waals surface area contributed by atoms with Gasteiger partial charge in [-0.25, -0.2) is 9.97 Å². The van der Waals surface area contributed by atoms with Gasteiger partial charge in [0.15, 0.2) is 6.61 Å². The fraction of sp³-hybridized carbons (Fsp3) is 0.667. The Morgan fingerprint density at radius 2 is 1.64 bits per heavy atom. The summed E-state index contributed by atoms with van der Waals surface area (Å²) in [6.07, 6.45) is -2.31. The molecule has 1 aromatic rings. The van der Waals surface area contributed by atoms with E-state index in [1.54, 1.807) is 13.8 Å². The first-order chi connectivity index (χ1) is 9.82. The molecule has 0 saturated carbocycles. The molecule has 10 heteroatoms. The SMILES string of the molecule is CC(C)(O)C(C)(C)OB(O)c1cnc(OCC(F)(F)F)nc1. The van der Waals surface area contributed by atoms with E-state index in [-0.39, 0.29) is 5.46 Å². The predicted octanol–water partition coefficient (Wildman–Crippen LogP) is 0.671. The number of ether oxygens (including phenoxy) is 1. The predicted molar refractivity (Wildman–Crippen MR) is 72.7 cm³/mol. The van der Waals surface area contributed by atoms with Crippen molar-refractivity contribution in [3.63, 3.8) is 0 Å². The summed E-state index contributed by atoms with van der Waals surface area (Å²) in [4.78, 5) is 7.12. The van der Waals surface area contributed by atoms with E-state index in [1.165, 1.54) is 13.8 Å². The minimum Gasteiger partial charge on any atom is -0.454 e. The highest BCUT2D eigenvalue weighted by molar-refractivity contribution is 6.59. The topological polar surface area (TPSA) is 84.7 Å². The van der Waals surface area contributed by atoms with Crippen LogP contribution in [0.15, 0.2) is 12.4 Å². The van der Waals surface area contributed by atoms with Crippen molar-refractivity contribution < 1.29 is 32.7 Å². The van der Waals surface area contributed by atoms with Crippen LogP contribution in [-0.2, 0) is 4.65 Å². The normalized spacial score (nSPS) is 13.1. The van der Waals surface area contributed by atoms with Gasteiger partial charge in [-0.05, 0) is 27.7 Å². The molecule has 0 unspecified atom stereocenters. The smallest absolute Gasteiger partial charge is 0.454 e. The third-order valence-electron chi connectivity index (χ3n) is 3.18. The van der Waals surface area contributed by atoms with Gasteiger partial charge in [-0.3, -0.25) is 0 Å². The summed E-state index contributed by atoms with van der Waals surface area (Å²) in [5.74, 6) is 0. The molecular formula is C12H18BF3N2O4. The van der Waals surface area contributed by atoms with Gasteiger partial charge in [-0.2, -0.15) is 13.2 Å². The maximum absolute atomic E-state index is 12.0. The van der Waals surface area contributed by atoms with E-state index in [2.05, 4.69) is 14.7 Å². The summed E-state index contributed by atoms with van der Waals surface area (Å²) in [6, 6.07) is -0.463. The van der Waals surface area contributed by atoms with Crippen molar-refractivity contribution in [2.45, 2.75) is 45.1 Å². The quantitative estimate of drug-likeness (QED) is 0.749. The first kappa shape index (κ1) is 18.7. The number of rotatable bonds is 6. The van der Waals surface area contributed by atoms with Gasteiger partial charge in [0.1, 0.15) is 0 Å². The Morgan fingerprint density at radius 3 is 2.05 bits per heavy atom. The van der Waals surface area contributed by atoms with Gasteiger partial charge in [0, 0.05) is 17.9 Å². The fourth-order valence-electron chi connectivity index (χ4n) is 1.17. The van der Waals surface area contributed by atoms with Crippen LogP contribution in [0.1, 0.15) is 27.7 Å². The lowest BCUT2D eigenvalue weighted by atomic mass is 9.78. The van der Waals surface area contributed by atoms with E-state index in [9.17, 15) is 23.3 Å². The molecule has 0 saturated heterocycles. The Kier molecular flexibility index (Phi) is 5.42. The van der Waals surface area contributed by atoms with Crippen LogP contribution in [0, 0.1) is 0 Å². The van der Waals surface area contributed by atoms with Crippen molar-refractivity contribution in [1.82, 2.24) is 9.97 Å². The average Bonchev–Trinajstić information content (AvgIpc) is 2.34. The van der Waals surface area contributed by atoms with Gasteiger partial charge in [0.05, 0.1) is 11.2 Å². The molecule has 1 aromatic heterocycles. The zero-order valence-corrected chi connectivity index (χ0v) is 12.7. The molecule has 1 rings (SSSR count). The molecule has 1 heterocycles. The van der Waals surface area contributed by atoms with Crippen LogP contribution in [0.5, 0.6) is 6.01 Å². The van der Waals surface area contributed by atoms with Gasteiger partial charge in [-0.15, -0.1) is 0 Å². The van der Waals surface area contributed by atoms with E-state index in [0.29, 0.717) is 0 Å². The molecule has 0 amide bonds. The molecule has 0 fully saturated rings. The Morgan fingerprint density at radius 1 is 1.14 bits per heavy atom. The molecule has 2 N–H and O–H groups in total. The molecular weight excluding hydrogens is 304 g/mol. The number of nitrogens with zero attached hydrogens (tertiary/aromatic N) is 2. The molecule has 0 spiro atoms. The highest BCUT2D eigenvalue weighted by Gasteiger charge is 2.39. The molecule has 22 heavy (non-hydrogen) atoms. The van der Waals surface area contributed by atoms with E-state index >= 15 is 0 Å². The van der Waals surface area contributed by atoms with Gasteiger partial charge in [-0.1, -0.05) is 0 Å².